The molecule has 2 aliphatic carbocycles. The van der Waals surface area contributed by atoms with Crippen molar-refractivity contribution in [3.8, 4) is 0 Å². The topological polar surface area (TPSA) is 115 Å². The molecule has 132 valence electrons. The molecule has 1 aromatic rings. The van der Waals surface area contributed by atoms with Gasteiger partial charge in [0.25, 0.3) is 0 Å². The molecule has 7 heteroatoms. The minimum absolute atomic E-state index is 0.0153. The lowest BCUT2D eigenvalue weighted by atomic mass is 9.65. The molecule has 1 amide bonds. The summed E-state index contributed by atoms with van der Waals surface area (Å²) in [5, 5.41) is 8.07. The maximum Gasteiger partial charge on any atom is 0.238 e. The standard InChI is InChI=1S/C17H25N3O3S/c18-16-12-4-2-5-13(16)9-14(8-12)17(21)20-10-11-3-1-6-15(7-11)24(19,22)23/h1,3,6-7,12-14,16H,2,4-5,8-10,18H2,(H,20,21)(H2,19,22,23). The van der Waals surface area contributed by atoms with Crippen LogP contribution in [0.15, 0.2) is 29.2 Å². The minimum Gasteiger partial charge on any atom is -0.352 e. The van der Waals surface area contributed by atoms with Gasteiger partial charge in [-0.05, 0) is 55.2 Å². The summed E-state index contributed by atoms with van der Waals surface area (Å²) in [6, 6.07) is 6.60. The molecule has 5 N–H and O–H groups in total. The number of carbonyl (C=O) groups excluding carboxylic acids is 1. The highest BCUT2D eigenvalue weighted by Gasteiger charge is 2.40. The van der Waals surface area contributed by atoms with Gasteiger partial charge in [-0.15, -0.1) is 0 Å². The number of primary sulfonamides is 1. The van der Waals surface area contributed by atoms with Crippen LogP contribution in [-0.2, 0) is 21.4 Å². The smallest absolute Gasteiger partial charge is 0.238 e. The van der Waals surface area contributed by atoms with Gasteiger partial charge in [0.15, 0.2) is 0 Å². The van der Waals surface area contributed by atoms with Crippen molar-refractivity contribution in [3.63, 3.8) is 0 Å². The van der Waals surface area contributed by atoms with Gasteiger partial charge in [-0.3, -0.25) is 4.79 Å². The molecule has 24 heavy (non-hydrogen) atoms. The Morgan fingerprint density at radius 1 is 1.21 bits per heavy atom. The van der Waals surface area contributed by atoms with E-state index in [1.165, 1.54) is 18.6 Å². The summed E-state index contributed by atoms with van der Waals surface area (Å²) in [4.78, 5) is 12.6. The van der Waals surface area contributed by atoms with E-state index in [4.69, 9.17) is 10.9 Å². The average Bonchev–Trinajstić information content (AvgIpc) is 2.52. The van der Waals surface area contributed by atoms with Crippen molar-refractivity contribution in [1.29, 1.82) is 0 Å². The predicted octanol–water partition coefficient (Wildman–Crippen LogP) is 1.10. The largest absolute Gasteiger partial charge is 0.352 e. The summed E-state index contributed by atoms with van der Waals surface area (Å²) in [7, 11) is -3.73. The van der Waals surface area contributed by atoms with Gasteiger partial charge in [0.2, 0.25) is 15.9 Å². The summed E-state index contributed by atoms with van der Waals surface area (Å²) in [6.45, 7) is 0.306. The summed E-state index contributed by atoms with van der Waals surface area (Å²) < 4.78 is 22.8. The second-order valence-corrected chi connectivity index (χ2v) is 8.67. The maximum absolute atomic E-state index is 12.5. The fourth-order valence-corrected chi connectivity index (χ4v) is 4.75. The molecule has 0 saturated heterocycles. The van der Waals surface area contributed by atoms with E-state index in [9.17, 15) is 13.2 Å². The monoisotopic (exact) mass is 351 g/mol. The van der Waals surface area contributed by atoms with E-state index in [-0.39, 0.29) is 22.8 Å². The Morgan fingerprint density at radius 3 is 2.50 bits per heavy atom. The summed E-state index contributed by atoms with van der Waals surface area (Å²) in [5.41, 5.74) is 6.99. The SMILES string of the molecule is NC1C2CCCC1CC(C(=O)NCc1cccc(S(N)(=O)=O)c1)C2. The van der Waals surface area contributed by atoms with Crippen LogP contribution >= 0.6 is 0 Å². The van der Waals surface area contributed by atoms with E-state index < -0.39 is 10.0 Å². The molecule has 1 aromatic carbocycles. The van der Waals surface area contributed by atoms with Gasteiger partial charge in [0, 0.05) is 18.5 Å². The van der Waals surface area contributed by atoms with E-state index in [0.717, 1.165) is 31.2 Å². The highest BCUT2D eigenvalue weighted by Crippen LogP contribution is 2.41. The van der Waals surface area contributed by atoms with Crippen molar-refractivity contribution < 1.29 is 13.2 Å². The zero-order valence-electron chi connectivity index (χ0n) is 13.6. The van der Waals surface area contributed by atoms with Crippen LogP contribution in [0.1, 0.15) is 37.7 Å². The third-order valence-corrected chi connectivity index (χ3v) is 6.39. The van der Waals surface area contributed by atoms with Crippen molar-refractivity contribution in [2.45, 2.75) is 49.6 Å². The number of nitrogens with two attached hydrogens (primary N) is 2. The fourth-order valence-electron chi connectivity index (χ4n) is 4.17. The Bertz CT molecular complexity index is 706. The van der Waals surface area contributed by atoms with Crippen LogP contribution in [0.3, 0.4) is 0 Å². The minimum atomic E-state index is -3.73. The second-order valence-electron chi connectivity index (χ2n) is 7.11. The predicted molar refractivity (Wildman–Crippen MR) is 91.2 cm³/mol. The Morgan fingerprint density at radius 2 is 1.88 bits per heavy atom. The molecule has 0 aliphatic heterocycles. The molecular formula is C17H25N3O3S. The number of carbonyl (C=O) groups is 1. The summed E-state index contributed by atoms with van der Waals surface area (Å²) in [6.07, 6.45) is 5.19. The number of hydrogen-bond acceptors (Lipinski definition) is 4. The van der Waals surface area contributed by atoms with Gasteiger partial charge in [-0.1, -0.05) is 18.6 Å². The molecule has 0 aromatic heterocycles. The van der Waals surface area contributed by atoms with Crippen LogP contribution in [-0.4, -0.2) is 20.4 Å². The third kappa shape index (κ3) is 3.79. The molecule has 6 nitrogen and oxygen atoms in total. The number of nitrogens with one attached hydrogen (secondary N) is 1. The molecule has 2 fully saturated rings. The Balaban J connectivity index is 1.60. The van der Waals surface area contributed by atoms with Crippen molar-refractivity contribution >= 4 is 15.9 Å². The number of fused-ring (bicyclic) bond motifs is 2. The Hall–Kier alpha value is -1.44. The van der Waals surface area contributed by atoms with Crippen molar-refractivity contribution in [3.05, 3.63) is 29.8 Å². The van der Waals surface area contributed by atoms with Gasteiger partial charge in [-0.25, -0.2) is 13.6 Å². The van der Waals surface area contributed by atoms with Crippen LogP contribution in [0.25, 0.3) is 0 Å². The van der Waals surface area contributed by atoms with Gasteiger partial charge in [-0.2, -0.15) is 0 Å². The van der Waals surface area contributed by atoms with Gasteiger partial charge in [0.05, 0.1) is 4.90 Å². The average molecular weight is 351 g/mol. The second kappa shape index (κ2) is 6.82. The lowest BCUT2D eigenvalue weighted by Crippen LogP contribution is -2.49. The third-order valence-electron chi connectivity index (χ3n) is 5.48. The zero-order chi connectivity index (χ0) is 17.3. The molecule has 2 unspecified atom stereocenters. The molecular weight excluding hydrogens is 326 g/mol. The first-order valence-electron chi connectivity index (χ1n) is 8.49. The first-order chi connectivity index (χ1) is 11.3. The molecule has 0 heterocycles. The number of rotatable bonds is 4. The van der Waals surface area contributed by atoms with E-state index in [1.807, 2.05) is 0 Å². The Labute approximate surface area is 143 Å². The van der Waals surface area contributed by atoms with Crippen molar-refractivity contribution in [2.24, 2.45) is 28.6 Å². The van der Waals surface area contributed by atoms with E-state index in [0.29, 0.717) is 18.4 Å². The van der Waals surface area contributed by atoms with Gasteiger partial charge < -0.3 is 11.1 Å². The molecule has 0 spiro atoms. The summed E-state index contributed by atoms with van der Waals surface area (Å²) >= 11 is 0. The maximum atomic E-state index is 12.5. The van der Waals surface area contributed by atoms with Crippen LogP contribution in [0.2, 0.25) is 0 Å². The lowest BCUT2D eigenvalue weighted by Gasteiger charge is -2.43. The van der Waals surface area contributed by atoms with Crippen molar-refractivity contribution in [2.75, 3.05) is 0 Å². The van der Waals surface area contributed by atoms with Crippen LogP contribution in [0.4, 0.5) is 0 Å². The molecule has 2 saturated carbocycles. The van der Waals surface area contributed by atoms with Crippen LogP contribution in [0, 0.1) is 17.8 Å². The highest BCUT2D eigenvalue weighted by atomic mass is 32.2. The van der Waals surface area contributed by atoms with Crippen LogP contribution < -0.4 is 16.2 Å². The van der Waals surface area contributed by atoms with E-state index in [2.05, 4.69) is 5.32 Å². The number of amides is 1. The van der Waals surface area contributed by atoms with Crippen LogP contribution in [0.5, 0.6) is 0 Å². The normalized spacial score (nSPS) is 29.9. The summed E-state index contributed by atoms with van der Waals surface area (Å²) in [5.74, 6) is 0.972. The molecule has 2 bridgehead atoms. The number of benzene rings is 1. The molecule has 3 rings (SSSR count). The number of hydrogen-bond donors (Lipinski definition) is 3. The first-order valence-corrected chi connectivity index (χ1v) is 10.0. The first kappa shape index (κ1) is 17.4. The zero-order valence-corrected chi connectivity index (χ0v) is 14.5. The van der Waals surface area contributed by atoms with Gasteiger partial charge >= 0.3 is 0 Å². The molecule has 2 aliphatic rings. The van der Waals surface area contributed by atoms with Crippen molar-refractivity contribution in [1.82, 2.24) is 5.32 Å². The van der Waals surface area contributed by atoms with Gasteiger partial charge in [0.1, 0.15) is 0 Å². The lowest BCUT2D eigenvalue weighted by molar-refractivity contribution is -0.128. The number of sulfonamides is 1. The Kier molecular flexibility index (Phi) is 4.94. The van der Waals surface area contributed by atoms with E-state index >= 15 is 0 Å². The molecule has 0 radical (unpaired) electrons. The fraction of sp³-hybridized carbons (Fsp3) is 0.588. The van der Waals surface area contributed by atoms with E-state index in [1.54, 1.807) is 12.1 Å². The molecule has 2 atom stereocenters. The quantitative estimate of drug-likeness (QED) is 0.753. The highest BCUT2D eigenvalue weighted by molar-refractivity contribution is 7.89.